The zero-order valence-corrected chi connectivity index (χ0v) is 7.69. The van der Waals surface area contributed by atoms with Crippen molar-refractivity contribution in [3.63, 3.8) is 0 Å². The molecule has 60 valence electrons. The Morgan fingerprint density at radius 1 is 1.50 bits per heavy atom. The SMILES string of the molecule is CCO.CCOC(=O)O.[Ti]. The molecular weight excluding hydrogens is 172 g/mol. The molecule has 0 aliphatic carbocycles. The molecule has 0 amide bonds. The number of hydrogen-bond acceptors (Lipinski definition) is 3. The molecule has 0 unspecified atom stereocenters. The van der Waals surface area contributed by atoms with Crippen molar-refractivity contribution in [3.05, 3.63) is 0 Å². The molecule has 0 fully saturated rings. The Morgan fingerprint density at radius 2 is 1.80 bits per heavy atom. The van der Waals surface area contributed by atoms with Crippen LogP contribution in [-0.4, -0.2) is 29.6 Å². The number of aliphatic hydroxyl groups excluding tert-OH is 1. The summed E-state index contributed by atoms with van der Waals surface area (Å²) in [4.78, 5) is 9.38. The average molecular weight is 184 g/mol. The van der Waals surface area contributed by atoms with Crippen molar-refractivity contribution in [2.45, 2.75) is 13.8 Å². The van der Waals surface area contributed by atoms with Crippen LogP contribution in [-0.2, 0) is 26.5 Å². The van der Waals surface area contributed by atoms with Gasteiger partial charge in [0, 0.05) is 28.3 Å². The van der Waals surface area contributed by atoms with Crippen LogP contribution in [0.25, 0.3) is 0 Å². The van der Waals surface area contributed by atoms with E-state index in [1.165, 1.54) is 0 Å². The van der Waals surface area contributed by atoms with Crippen molar-refractivity contribution < 1.29 is 41.5 Å². The maximum atomic E-state index is 9.38. The third-order valence-corrected chi connectivity index (χ3v) is 0.268. The van der Waals surface area contributed by atoms with Crippen molar-refractivity contribution in [1.82, 2.24) is 0 Å². The van der Waals surface area contributed by atoms with Crippen LogP contribution in [0.15, 0.2) is 0 Å². The molecule has 4 nitrogen and oxygen atoms in total. The number of carboxylic acid groups (broad SMARTS) is 1. The molecule has 0 aromatic carbocycles. The van der Waals surface area contributed by atoms with Crippen molar-refractivity contribution in [2.75, 3.05) is 13.2 Å². The number of carbonyl (C=O) groups is 1. The van der Waals surface area contributed by atoms with Gasteiger partial charge in [0.15, 0.2) is 0 Å². The van der Waals surface area contributed by atoms with Gasteiger partial charge in [-0.1, -0.05) is 0 Å². The molecule has 0 saturated carbocycles. The Balaban J connectivity index is -0.000000107. The van der Waals surface area contributed by atoms with Crippen molar-refractivity contribution >= 4 is 6.16 Å². The summed E-state index contributed by atoms with van der Waals surface area (Å²) in [5, 5.41) is 15.3. The molecule has 0 aromatic heterocycles. The van der Waals surface area contributed by atoms with Gasteiger partial charge in [0.1, 0.15) is 0 Å². The predicted molar refractivity (Wildman–Crippen MR) is 32.4 cm³/mol. The minimum atomic E-state index is -1.21. The van der Waals surface area contributed by atoms with Crippen LogP contribution in [0.5, 0.6) is 0 Å². The zero-order chi connectivity index (χ0) is 7.70. The van der Waals surface area contributed by atoms with E-state index in [1.807, 2.05) is 0 Å². The van der Waals surface area contributed by atoms with Gasteiger partial charge in [-0.05, 0) is 13.8 Å². The number of ether oxygens (including phenoxy) is 1. The van der Waals surface area contributed by atoms with Gasteiger partial charge >= 0.3 is 6.16 Å². The maximum absolute atomic E-state index is 9.38. The Hall–Kier alpha value is -0.0557. The second-order valence-electron chi connectivity index (χ2n) is 1.02. The summed E-state index contributed by atoms with van der Waals surface area (Å²) in [7, 11) is 0. The summed E-state index contributed by atoms with van der Waals surface area (Å²) < 4.78 is 3.96. The van der Waals surface area contributed by atoms with Crippen LogP contribution in [0.4, 0.5) is 4.79 Å². The second-order valence-corrected chi connectivity index (χ2v) is 1.02. The monoisotopic (exact) mass is 184 g/mol. The summed E-state index contributed by atoms with van der Waals surface area (Å²) in [6.45, 7) is 3.78. The van der Waals surface area contributed by atoms with Crippen molar-refractivity contribution in [2.24, 2.45) is 0 Å². The zero-order valence-electron chi connectivity index (χ0n) is 6.13. The predicted octanol–water partition coefficient (Wildman–Crippen LogP) is 0.697. The van der Waals surface area contributed by atoms with Gasteiger partial charge < -0.3 is 14.9 Å². The number of rotatable bonds is 1. The molecule has 5 heteroatoms. The Kier molecular flexibility index (Phi) is 26.4. The van der Waals surface area contributed by atoms with E-state index in [-0.39, 0.29) is 34.9 Å². The summed E-state index contributed by atoms with van der Waals surface area (Å²) in [6, 6.07) is 0. The normalized spacial score (nSPS) is 6.30. The molecule has 0 spiro atoms. The first-order valence-electron chi connectivity index (χ1n) is 2.65. The molecule has 0 aliphatic heterocycles. The van der Waals surface area contributed by atoms with Gasteiger partial charge in [-0.2, -0.15) is 0 Å². The van der Waals surface area contributed by atoms with Crippen molar-refractivity contribution in [1.29, 1.82) is 0 Å². The first kappa shape index (κ1) is 16.5. The minimum absolute atomic E-state index is 0. The van der Waals surface area contributed by atoms with Crippen LogP contribution >= 0.6 is 0 Å². The van der Waals surface area contributed by atoms with Crippen molar-refractivity contribution in [3.8, 4) is 0 Å². The fourth-order valence-corrected chi connectivity index (χ4v) is 0.123. The smallest absolute Gasteiger partial charge is 0.450 e. The molecule has 0 saturated heterocycles. The maximum Gasteiger partial charge on any atom is 0.505 e. The molecule has 0 aromatic rings. The van der Waals surface area contributed by atoms with E-state index in [1.54, 1.807) is 13.8 Å². The van der Waals surface area contributed by atoms with Crippen LogP contribution < -0.4 is 0 Å². The number of hydrogen-bond donors (Lipinski definition) is 2. The molecule has 0 heterocycles. The molecule has 2 N–H and O–H groups in total. The third kappa shape index (κ3) is 44.2. The summed E-state index contributed by atoms with van der Waals surface area (Å²) >= 11 is 0. The topological polar surface area (TPSA) is 66.8 Å². The van der Waals surface area contributed by atoms with Gasteiger partial charge in [0.05, 0.1) is 6.61 Å². The van der Waals surface area contributed by atoms with Crippen LogP contribution in [0.3, 0.4) is 0 Å². The van der Waals surface area contributed by atoms with E-state index in [4.69, 9.17) is 10.2 Å². The van der Waals surface area contributed by atoms with E-state index in [0.717, 1.165) is 0 Å². The molecular formula is C5H12O4Ti. The first-order valence-corrected chi connectivity index (χ1v) is 2.65. The first-order chi connectivity index (χ1) is 4.18. The molecule has 0 aliphatic rings. The fourth-order valence-electron chi connectivity index (χ4n) is 0.123. The van der Waals surface area contributed by atoms with E-state index >= 15 is 0 Å². The Morgan fingerprint density at radius 3 is 1.80 bits per heavy atom. The van der Waals surface area contributed by atoms with E-state index < -0.39 is 6.16 Å². The largest absolute Gasteiger partial charge is 0.505 e. The van der Waals surface area contributed by atoms with E-state index in [0.29, 0.717) is 0 Å². The van der Waals surface area contributed by atoms with E-state index in [9.17, 15) is 4.79 Å². The Bertz CT molecular complexity index is 66.7. The molecule has 0 radical (unpaired) electrons. The van der Waals surface area contributed by atoms with Gasteiger partial charge in [0.25, 0.3) is 0 Å². The minimum Gasteiger partial charge on any atom is -0.450 e. The van der Waals surface area contributed by atoms with E-state index in [2.05, 4.69) is 4.74 Å². The number of aliphatic hydroxyl groups is 1. The summed E-state index contributed by atoms with van der Waals surface area (Å²) in [5.74, 6) is 0. The van der Waals surface area contributed by atoms with Crippen LogP contribution in [0, 0.1) is 0 Å². The van der Waals surface area contributed by atoms with Crippen LogP contribution in [0.2, 0.25) is 0 Å². The quantitative estimate of drug-likeness (QED) is 0.464. The second kappa shape index (κ2) is 16.0. The average Bonchev–Trinajstić information content (AvgIpc) is 1.67. The molecule has 0 rings (SSSR count). The van der Waals surface area contributed by atoms with Gasteiger partial charge in [-0.25, -0.2) is 4.79 Å². The molecule has 0 bridgehead atoms. The van der Waals surface area contributed by atoms with Gasteiger partial charge in [-0.15, -0.1) is 0 Å². The van der Waals surface area contributed by atoms with Gasteiger partial charge in [0.2, 0.25) is 0 Å². The fraction of sp³-hybridized carbons (Fsp3) is 0.800. The van der Waals surface area contributed by atoms with Crippen LogP contribution in [0.1, 0.15) is 13.8 Å². The Labute approximate surface area is 75.1 Å². The third-order valence-electron chi connectivity index (χ3n) is 0.268. The van der Waals surface area contributed by atoms with Gasteiger partial charge in [-0.3, -0.25) is 0 Å². The summed E-state index contributed by atoms with van der Waals surface area (Å²) in [5.41, 5.74) is 0. The standard InChI is InChI=1S/C3H6O3.C2H6O.Ti/c1-2-6-3(4)5;1-2-3;/h2H2,1H3,(H,4,5);3H,2H2,1H3;. The molecule has 10 heavy (non-hydrogen) atoms. The summed E-state index contributed by atoms with van der Waals surface area (Å²) in [6.07, 6.45) is -1.21. The molecule has 0 atom stereocenters.